The quantitative estimate of drug-likeness (QED) is 0.777. The fourth-order valence-corrected chi connectivity index (χ4v) is 2.13. The molecule has 0 fully saturated rings. The molecule has 104 valence electrons. The van der Waals surface area contributed by atoms with Gasteiger partial charge in [0.15, 0.2) is 0 Å². The number of rotatable bonds is 6. The molecule has 2 rings (SSSR count). The van der Waals surface area contributed by atoms with Crippen molar-refractivity contribution in [3.8, 4) is 0 Å². The Morgan fingerprint density at radius 3 is 2.74 bits per heavy atom. The number of hydrogen-bond donors (Lipinski definition) is 2. The lowest BCUT2D eigenvalue weighted by atomic mass is 9.92. The van der Waals surface area contributed by atoms with Gasteiger partial charge in [0.2, 0.25) is 5.78 Å². The molecule has 2 aromatic heterocycles. The molecule has 2 heterocycles. The lowest BCUT2D eigenvalue weighted by Crippen LogP contribution is -2.38. The predicted molar refractivity (Wildman–Crippen MR) is 71.6 cm³/mol. The first-order valence-electron chi connectivity index (χ1n) is 6.25. The molecule has 0 atom stereocenters. The monoisotopic (exact) mass is 264 g/mol. The first kappa shape index (κ1) is 13.9. The molecular formula is C13H20N4O2. The van der Waals surface area contributed by atoms with Crippen molar-refractivity contribution in [3.63, 3.8) is 0 Å². The van der Waals surface area contributed by atoms with Crippen molar-refractivity contribution in [2.24, 2.45) is 5.41 Å². The van der Waals surface area contributed by atoms with E-state index in [1.807, 2.05) is 30.6 Å². The van der Waals surface area contributed by atoms with E-state index in [1.54, 1.807) is 12.4 Å². The van der Waals surface area contributed by atoms with Gasteiger partial charge in [-0.2, -0.15) is 0 Å². The van der Waals surface area contributed by atoms with Gasteiger partial charge >= 0.3 is 0 Å². The summed E-state index contributed by atoms with van der Waals surface area (Å²) in [4.78, 5) is 10.5. The number of aromatic nitrogens is 3. The molecule has 6 nitrogen and oxygen atoms in total. The number of hydrogen-bond acceptors (Lipinski definition) is 5. The summed E-state index contributed by atoms with van der Waals surface area (Å²) in [6.45, 7) is 3.07. The third kappa shape index (κ3) is 3.09. The van der Waals surface area contributed by atoms with Crippen molar-refractivity contribution < 1.29 is 10.2 Å². The molecule has 0 aliphatic rings. The van der Waals surface area contributed by atoms with Crippen LogP contribution < -0.4 is 0 Å². The molecule has 0 aliphatic heterocycles. The molecule has 0 saturated carbocycles. The Kier molecular flexibility index (Phi) is 4.14. The largest absolute Gasteiger partial charge is 0.396 e. The maximum atomic E-state index is 9.32. The molecular weight excluding hydrogens is 244 g/mol. The van der Waals surface area contributed by atoms with Crippen LogP contribution in [0.4, 0.5) is 0 Å². The van der Waals surface area contributed by atoms with E-state index in [0.717, 1.165) is 5.69 Å². The maximum Gasteiger partial charge on any atom is 0.233 e. The molecule has 0 amide bonds. The molecule has 6 heteroatoms. The molecule has 0 radical (unpaired) electrons. The van der Waals surface area contributed by atoms with Gasteiger partial charge in [0, 0.05) is 30.9 Å². The maximum absolute atomic E-state index is 9.32. The van der Waals surface area contributed by atoms with Crippen LogP contribution in [0.25, 0.3) is 5.78 Å². The smallest absolute Gasteiger partial charge is 0.233 e. The van der Waals surface area contributed by atoms with E-state index in [4.69, 9.17) is 0 Å². The van der Waals surface area contributed by atoms with Crippen molar-refractivity contribution in [3.05, 3.63) is 30.4 Å². The van der Waals surface area contributed by atoms with Gasteiger partial charge in [-0.15, -0.1) is 0 Å². The van der Waals surface area contributed by atoms with E-state index in [2.05, 4.69) is 14.9 Å². The van der Waals surface area contributed by atoms with E-state index in [-0.39, 0.29) is 13.2 Å². The van der Waals surface area contributed by atoms with Gasteiger partial charge in [0.1, 0.15) is 0 Å². The van der Waals surface area contributed by atoms with Gasteiger partial charge in [-0.05, 0) is 13.1 Å². The summed E-state index contributed by atoms with van der Waals surface area (Å²) >= 11 is 0. The number of aliphatic hydroxyl groups is 2. The van der Waals surface area contributed by atoms with Crippen LogP contribution in [0.3, 0.4) is 0 Å². The average Bonchev–Trinajstić information content (AvgIpc) is 2.82. The third-order valence-electron chi connectivity index (χ3n) is 3.21. The van der Waals surface area contributed by atoms with Crippen LogP contribution >= 0.6 is 0 Å². The minimum absolute atomic E-state index is 0.0391. The highest BCUT2D eigenvalue weighted by Crippen LogP contribution is 2.17. The van der Waals surface area contributed by atoms with Gasteiger partial charge in [-0.3, -0.25) is 9.30 Å². The summed E-state index contributed by atoms with van der Waals surface area (Å²) in [5, 5.41) is 18.6. The van der Waals surface area contributed by atoms with Crippen molar-refractivity contribution in [1.29, 1.82) is 0 Å². The minimum Gasteiger partial charge on any atom is -0.396 e. The molecule has 0 saturated heterocycles. The lowest BCUT2D eigenvalue weighted by molar-refractivity contribution is 0.0398. The van der Waals surface area contributed by atoms with Crippen LogP contribution in [-0.4, -0.2) is 56.3 Å². The Bertz CT molecular complexity index is 536. The number of fused-ring (bicyclic) bond motifs is 1. The summed E-state index contributed by atoms with van der Waals surface area (Å²) in [6.07, 6.45) is 5.44. The summed E-state index contributed by atoms with van der Waals surface area (Å²) in [5.41, 5.74) is 0.539. The first-order chi connectivity index (χ1) is 9.08. The van der Waals surface area contributed by atoms with Crippen molar-refractivity contribution in [2.45, 2.75) is 13.5 Å². The number of aliphatic hydroxyl groups excluding tert-OH is 2. The normalized spacial score (nSPS) is 12.5. The van der Waals surface area contributed by atoms with E-state index < -0.39 is 5.41 Å². The molecule has 2 N–H and O–H groups in total. The highest BCUT2D eigenvalue weighted by atomic mass is 16.3. The van der Waals surface area contributed by atoms with Crippen LogP contribution in [0.1, 0.15) is 12.6 Å². The second-order valence-electron chi connectivity index (χ2n) is 5.34. The van der Waals surface area contributed by atoms with Gasteiger partial charge in [0.05, 0.1) is 25.1 Å². The van der Waals surface area contributed by atoms with Crippen LogP contribution in [0, 0.1) is 5.41 Å². The molecule has 2 aromatic rings. The number of nitrogens with zero attached hydrogens (tertiary/aromatic N) is 4. The fourth-order valence-electron chi connectivity index (χ4n) is 2.13. The molecule has 0 bridgehead atoms. The first-order valence-corrected chi connectivity index (χ1v) is 6.25. The van der Waals surface area contributed by atoms with Gasteiger partial charge in [-0.1, -0.05) is 6.92 Å². The van der Waals surface area contributed by atoms with Gasteiger partial charge in [-0.25, -0.2) is 9.97 Å². The Morgan fingerprint density at radius 2 is 2.05 bits per heavy atom. The standard InChI is InChI=1S/C13H20N4O2/c1-13(9-18,10-19)8-16(2)7-11-6-15-12-14-4-3-5-17(11)12/h3-6,18-19H,7-10H2,1-2H3. The number of imidazole rings is 1. The highest BCUT2D eigenvalue weighted by molar-refractivity contribution is 5.30. The minimum atomic E-state index is -0.493. The lowest BCUT2D eigenvalue weighted by Gasteiger charge is -2.30. The molecule has 0 spiro atoms. The molecule has 0 aliphatic carbocycles. The third-order valence-corrected chi connectivity index (χ3v) is 3.21. The molecule has 0 unspecified atom stereocenters. The van der Waals surface area contributed by atoms with Crippen LogP contribution in [0.5, 0.6) is 0 Å². The zero-order valence-corrected chi connectivity index (χ0v) is 11.3. The Labute approximate surface area is 112 Å². The topological polar surface area (TPSA) is 73.9 Å². The second-order valence-corrected chi connectivity index (χ2v) is 5.34. The van der Waals surface area contributed by atoms with Crippen molar-refractivity contribution in [2.75, 3.05) is 26.8 Å². The summed E-state index contributed by atoms with van der Waals surface area (Å²) in [5.74, 6) is 0.679. The van der Waals surface area contributed by atoms with Crippen LogP contribution in [0.2, 0.25) is 0 Å². The van der Waals surface area contributed by atoms with E-state index in [1.165, 1.54) is 0 Å². The van der Waals surface area contributed by atoms with Gasteiger partial charge < -0.3 is 10.2 Å². The van der Waals surface area contributed by atoms with Gasteiger partial charge in [0.25, 0.3) is 0 Å². The van der Waals surface area contributed by atoms with Crippen molar-refractivity contribution >= 4 is 5.78 Å². The summed E-state index contributed by atoms with van der Waals surface area (Å²) < 4.78 is 1.94. The van der Waals surface area contributed by atoms with Crippen LogP contribution in [0.15, 0.2) is 24.7 Å². The Balaban J connectivity index is 2.08. The fraction of sp³-hybridized carbons (Fsp3) is 0.538. The molecule has 19 heavy (non-hydrogen) atoms. The predicted octanol–water partition coefficient (Wildman–Crippen LogP) is 0.152. The average molecular weight is 264 g/mol. The zero-order valence-electron chi connectivity index (χ0n) is 11.3. The Hall–Kier alpha value is -1.50. The van der Waals surface area contributed by atoms with E-state index in [9.17, 15) is 10.2 Å². The second kappa shape index (κ2) is 5.64. The van der Waals surface area contributed by atoms with Crippen LogP contribution in [-0.2, 0) is 6.54 Å². The zero-order chi connectivity index (χ0) is 13.9. The highest BCUT2D eigenvalue weighted by Gasteiger charge is 2.24. The van der Waals surface area contributed by atoms with E-state index >= 15 is 0 Å². The Morgan fingerprint density at radius 1 is 1.32 bits per heavy atom. The summed E-state index contributed by atoms with van der Waals surface area (Å²) in [6, 6.07) is 1.86. The summed E-state index contributed by atoms with van der Waals surface area (Å²) in [7, 11) is 1.96. The SMILES string of the molecule is CN(Cc1cnc2ncccn12)CC(C)(CO)CO. The van der Waals surface area contributed by atoms with E-state index in [0.29, 0.717) is 18.9 Å². The van der Waals surface area contributed by atoms with Crippen molar-refractivity contribution in [1.82, 2.24) is 19.3 Å². The molecule has 0 aromatic carbocycles.